The molecule has 2 aliphatic carbocycles. The van der Waals surface area contributed by atoms with E-state index in [0.29, 0.717) is 0 Å². The molecule has 0 aromatic carbocycles. The van der Waals surface area contributed by atoms with Gasteiger partial charge in [-0.05, 0) is 119 Å². The Bertz CT molecular complexity index is 1460. The average Bonchev–Trinajstić information content (AvgIpc) is 2.95. The summed E-state index contributed by atoms with van der Waals surface area (Å²) in [5, 5.41) is 0.218. The molecule has 2 rings (SSSR count). The molecule has 0 N–H and O–H groups in total. The van der Waals surface area contributed by atoms with Crippen molar-refractivity contribution in [3.63, 3.8) is 0 Å². The summed E-state index contributed by atoms with van der Waals surface area (Å²) in [6.45, 7) is 34.4. The Hall–Kier alpha value is -2.68. The van der Waals surface area contributed by atoms with E-state index in [1.807, 2.05) is 0 Å². The lowest BCUT2D eigenvalue weighted by Crippen LogP contribution is -2.45. The Morgan fingerprint density at radius 3 is 1.58 bits per heavy atom. The monoisotopic (exact) mass is 667 g/mol. The third-order valence-electron chi connectivity index (χ3n) is 10.7. The zero-order chi connectivity index (χ0) is 36.3. The normalized spacial score (nSPS) is 22.6. The molecule has 2 heteroatoms. The Morgan fingerprint density at radius 2 is 1.10 bits per heavy atom. The first kappa shape index (κ1) is 41.5. The van der Waals surface area contributed by atoms with Crippen LogP contribution in [0.5, 0.6) is 0 Å². The predicted molar refractivity (Wildman–Crippen MR) is 219 cm³/mol. The molecule has 0 aromatic heterocycles. The Kier molecular flexibility index (Phi) is 15.4. The number of allylic oxidation sites excluding steroid dienone is 21. The zero-order valence-corrected chi connectivity index (χ0v) is 34.6. The highest BCUT2D eigenvalue weighted by Crippen LogP contribution is 2.45. The standard InChI is InChI=1S/C46H70OSi/c1-35(23-18-25-37(3)28-30-41-39(5)27-20-33-45(41,10)11)21-16-17-22-36(2)24-19-26-38(4)29-31-42-40(6)43(32-34-46(42,12)13)47-48(14,15)44(7,8)9/h16-19,21-26,28-31,43H,20,27,32-34H2,1-15H3/b17-16+,23-18+,24-19+,30-28+,31-29+,35-21+,36-22+,37-25+,38-26+/t43-/m1/s1. The van der Waals surface area contributed by atoms with Gasteiger partial charge in [0.2, 0.25) is 0 Å². The van der Waals surface area contributed by atoms with Gasteiger partial charge in [-0.2, -0.15) is 0 Å². The van der Waals surface area contributed by atoms with Gasteiger partial charge in [0.05, 0.1) is 6.10 Å². The fraction of sp³-hybridized carbons (Fsp3) is 0.522. The minimum absolute atomic E-state index is 0.161. The molecule has 0 saturated carbocycles. The molecule has 2 aliphatic rings. The smallest absolute Gasteiger partial charge is 0.192 e. The van der Waals surface area contributed by atoms with Crippen LogP contribution >= 0.6 is 0 Å². The van der Waals surface area contributed by atoms with Crippen molar-refractivity contribution in [2.24, 2.45) is 10.8 Å². The molecule has 0 aromatic rings. The minimum Gasteiger partial charge on any atom is -0.410 e. The molecule has 0 fully saturated rings. The van der Waals surface area contributed by atoms with Crippen LogP contribution in [0.15, 0.2) is 130 Å². The fourth-order valence-corrected chi connectivity index (χ4v) is 7.73. The summed E-state index contributed by atoms with van der Waals surface area (Å²) in [7, 11) is -1.82. The Balaban J connectivity index is 1.98. The van der Waals surface area contributed by atoms with Crippen LogP contribution in [0.1, 0.15) is 122 Å². The van der Waals surface area contributed by atoms with Crippen molar-refractivity contribution in [2.75, 3.05) is 0 Å². The SMILES string of the molecule is CC1=C(/C=C/C(C)=C/C=C/C(C)=C/C=C/C=C(C)/C=C/C=C(C)/C=C/C2=C(C)[C@H](O[Si](C)(C)C(C)(C)C)CCC2(C)C)C(C)(C)CCC1. The van der Waals surface area contributed by atoms with E-state index in [2.05, 4.69) is 188 Å². The zero-order valence-electron chi connectivity index (χ0n) is 33.6. The van der Waals surface area contributed by atoms with Gasteiger partial charge in [0, 0.05) is 0 Å². The highest BCUT2D eigenvalue weighted by molar-refractivity contribution is 6.74. The molecule has 1 atom stereocenters. The molecule has 0 amide bonds. The molecule has 0 bridgehead atoms. The first-order valence-electron chi connectivity index (χ1n) is 18.3. The van der Waals surface area contributed by atoms with E-state index in [1.165, 1.54) is 58.3 Å². The second-order valence-corrected chi connectivity index (χ2v) is 22.0. The predicted octanol–water partition coefficient (Wildman–Crippen LogP) is 14.6. The largest absolute Gasteiger partial charge is 0.410 e. The Labute approximate surface area is 298 Å². The summed E-state index contributed by atoms with van der Waals surface area (Å²) in [6, 6.07) is 0. The van der Waals surface area contributed by atoms with Gasteiger partial charge in [0.25, 0.3) is 0 Å². The molecule has 48 heavy (non-hydrogen) atoms. The first-order chi connectivity index (χ1) is 22.2. The van der Waals surface area contributed by atoms with E-state index in [1.54, 1.807) is 5.57 Å². The third kappa shape index (κ3) is 13.0. The summed E-state index contributed by atoms with van der Waals surface area (Å²) < 4.78 is 6.89. The van der Waals surface area contributed by atoms with Gasteiger partial charge in [-0.3, -0.25) is 0 Å². The number of hydrogen-bond acceptors (Lipinski definition) is 1. The molecule has 0 unspecified atom stereocenters. The van der Waals surface area contributed by atoms with Gasteiger partial charge < -0.3 is 4.43 Å². The number of hydrogen-bond donors (Lipinski definition) is 0. The van der Waals surface area contributed by atoms with Gasteiger partial charge in [0.15, 0.2) is 8.32 Å². The van der Waals surface area contributed by atoms with Crippen LogP contribution < -0.4 is 0 Å². The van der Waals surface area contributed by atoms with Crippen molar-refractivity contribution in [1.82, 2.24) is 0 Å². The van der Waals surface area contributed by atoms with Crippen molar-refractivity contribution >= 4 is 8.32 Å². The van der Waals surface area contributed by atoms with Crippen LogP contribution in [0, 0.1) is 10.8 Å². The molecule has 264 valence electrons. The summed E-state index contributed by atoms with van der Waals surface area (Å²) in [5.41, 5.74) is 11.3. The van der Waals surface area contributed by atoms with Gasteiger partial charge in [-0.15, -0.1) is 0 Å². The lowest BCUT2D eigenvalue weighted by Gasteiger charge is -2.44. The first-order valence-corrected chi connectivity index (χ1v) is 21.2. The molecule has 0 aliphatic heterocycles. The molecule has 0 saturated heterocycles. The molecular formula is C46H70OSi. The lowest BCUT2D eigenvalue weighted by molar-refractivity contribution is 0.168. The summed E-state index contributed by atoms with van der Waals surface area (Å²) in [4.78, 5) is 0. The van der Waals surface area contributed by atoms with Crippen LogP contribution in [-0.2, 0) is 4.43 Å². The second kappa shape index (κ2) is 17.8. The summed E-state index contributed by atoms with van der Waals surface area (Å²) >= 11 is 0. The second-order valence-electron chi connectivity index (χ2n) is 17.2. The van der Waals surface area contributed by atoms with Crippen molar-refractivity contribution in [2.45, 2.75) is 146 Å². The quantitative estimate of drug-likeness (QED) is 0.149. The van der Waals surface area contributed by atoms with Crippen molar-refractivity contribution in [3.05, 3.63) is 130 Å². The van der Waals surface area contributed by atoms with E-state index >= 15 is 0 Å². The van der Waals surface area contributed by atoms with Gasteiger partial charge in [0.1, 0.15) is 0 Å². The maximum absolute atomic E-state index is 6.89. The molecule has 0 heterocycles. The van der Waals surface area contributed by atoms with E-state index in [0.717, 1.165) is 12.8 Å². The average molecular weight is 667 g/mol. The van der Waals surface area contributed by atoms with Gasteiger partial charge >= 0.3 is 0 Å². The Morgan fingerprint density at radius 1 is 0.667 bits per heavy atom. The topological polar surface area (TPSA) is 9.23 Å². The lowest BCUT2D eigenvalue weighted by atomic mass is 9.71. The highest BCUT2D eigenvalue weighted by atomic mass is 28.4. The third-order valence-corrected chi connectivity index (χ3v) is 15.2. The van der Waals surface area contributed by atoms with E-state index in [-0.39, 0.29) is 22.0 Å². The number of rotatable bonds is 12. The fourth-order valence-electron chi connectivity index (χ4n) is 6.37. The van der Waals surface area contributed by atoms with Crippen LogP contribution in [-0.4, -0.2) is 14.4 Å². The van der Waals surface area contributed by atoms with Crippen molar-refractivity contribution in [3.8, 4) is 0 Å². The van der Waals surface area contributed by atoms with E-state index in [9.17, 15) is 0 Å². The van der Waals surface area contributed by atoms with Crippen molar-refractivity contribution in [1.29, 1.82) is 0 Å². The van der Waals surface area contributed by atoms with Crippen LogP contribution in [0.4, 0.5) is 0 Å². The van der Waals surface area contributed by atoms with Crippen LogP contribution in [0.3, 0.4) is 0 Å². The molecular weight excluding hydrogens is 597 g/mol. The molecule has 0 spiro atoms. The molecule has 0 radical (unpaired) electrons. The minimum atomic E-state index is -1.82. The van der Waals surface area contributed by atoms with Crippen LogP contribution in [0.25, 0.3) is 0 Å². The summed E-state index contributed by atoms with van der Waals surface area (Å²) in [6.07, 6.45) is 37.1. The van der Waals surface area contributed by atoms with Gasteiger partial charge in [-0.1, -0.05) is 161 Å². The van der Waals surface area contributed by atoms with E-state index in [4.69, 9.17) is 4.43 Å². The highest BCUT2D eigenvalue weighted by Gasteiger charge is 2.41. The maximum Gasteiger partial charge on any atom is 0.192 e. The van der Waals surface area contributed by atoms with E-state index < -0.39 is 8.32 Å². The summed E-state index contributed by atoms with van der Waals surface area (Å²) in [5.74, 6) is 0. The maximum atomic E-state index is 6.89. The molecule has 1 nitrogen and oxygen atoms in total. The van der Waals surface area contributed by atoms with Crippen LogP contribution in [0.2, 0.25) is 18.1 Å². The van der Waals surface area contributed by atoms with Gasteiger partial charge in [-0.25, -0.2) is 0 Å². The van der Waals surface area contributed by atoms with Crippen molar-refractivity contribution < 1.29 is 4.43 Å².